The molecule has 0 bridgehead atoms. The molecule has 0 atom stereocenters. The fraction of sp³-hybridized carbons (Fsp3) is 0.385. The van der Waals surface area contributed by atoms with E-state index in [1.165, 1.54) is 0 Å². The number of hydrogen-bond acceptors (Lipinski definition) is 5. The van der Waals surface area contributed by atoms with Crippen molar-refractivity contribution in [1.82, 2.24) is 9.21 Å². The topological polar surface area (TPSA) is 59.1 Å². The predicted molar refractivity (Wildman–Crippen MR) is 131 cm³/mol. The van der Waals surface area contributed by atoms with Gasteiger partial charge in [-0.25, -0.2) is 8.42 Å². The quantitative estimate of drug-likeness (QED) is 0.375. The zero-order valence-electron chi connectivity index (χ0n) is 19.4. The largest absolute Gasteiger partial charge is 0.454 e. The lowest BCUT2D eigenvalue weighted by atomic mass is 10.1. The van der Waals surface area contributed by atoms with Crippen molar-refractivity contribution < 1.29 is 17.9 Å². The minimum Gasteiger partial charge on any atom is -0.454 e. The molecule has 1 aliphatic rings. The average Bonchev–Trinajstić information content (AvgIpc) is 3.31. The molecule has 7 heteroatoms. The summed E-state index contributed by atoms with van der Waals surface area (Å²) < 4.78 is 39.9. The Bertz CT molecular complexity index is 1190. The van der Waals surface area contributed by atoms with Crippen molar-refractivity contribution in [3.63, 3.8) is 0 Å². The van der Waals surface area contributed by atoms with Gasteiger partial charge in [-0.3, -0.25) is 0 Å². The molecule has 3 aromatic carbocycles. The standard InChI is InChI=1S/C26H32N2O4S/c1-3-27(4-2)15-7-8-16-28(19-21-11-14-25-26(17-21)32-20-31-25)33(29,30)24-13-12-22-9-5-6-10-23(22)18-24/h5-6,9-14,17-18H,3-4,7-8,15-16,19-20H2,1-2H3. The van der Waals surface area contributed by atoms with Gasteiger partial charge >= 0.3 is 0 Å². The molecule has 0 unspecified atom stereocenters. The van der Waals surface area contributed by atoms with Crippen LogP contribution in [-0.4, -0.2) is 50.6 Å². The molecule has 176 valence electrons. The minimum atomic E-state index is -3.67. The monoisotopic (exact) mass is 468 g/mol. The highest BCUT2D eigenvalue weighted by atomic mass is 32.2. The van der Waals surface area contributed by atoms with Gasteiger partial charge in [0.1, 0.15) is 0 Å². The van der Waals surface area contributed by atoms with Crippen LogP contribution in [0, 0.1) is 0 Å². The van der Waals surface area contributed by atoms with Crippen molar-refractivity contribution in [2.24, 2.45) is 0 Å². The van der Waals surface area contributed by atoms with Gasteiger partial charge < -0.3 is 14.4 Å². The summed E-state index contributed by atoms with van der Waals surface area (Å²) in [7, 11) is -3.67. The van der Waals surface area contributed by atoms with E-state index in [0.29, 0.717) is 22.9 Å². The summed E-state index contributed by atoms with van der Waals surface area (Å²) in [6.07, 6.45) is 1.75. The smallest absolute Gasteiger partial charge is 0.243 e. The lowest BCUT2D eigenvalue weighted by molar-refractivity contribution is 0.174. The van der Waals surface area contributed by atoms with Crippen LogP contribution in [0.4, 0.5) is 0 Å². The van der Waals surface area contributed by atoms with E-state index >= 15 is 0 Å². The molecule has 33 heavy (non-hydrogen) atoms. The van der Waals surface area contributed by atoms with Crippen LogP contribution >= 0.6 is 0 Å². The number of sulfonamides is 1. The van der Waals surface area contributed by atoms with Gasteiger partial charge in [-0.2, -0.15) is 4.31 Å². The number of rotatable bonds is 11. The van der Waals surface area contributed by atoms with Crippen LogP contribution in [0.15, 0.2) is 65.6 Å². The van der Waals surface area contributed by atoms with Gasteiger partial charge in [-0.05, 0) is 73.1 Å². The highest BCUT2D eigenvalue weighted by Gasteiger charge is 2.25. The van der Waals surface area contributed by atoms with E-state index in [0.717, 1.165) is 48.8 Å². The molecular weight excluding hydrogens is 436 g/mol. The van der Waals surface area contributed by atoms with Gasteiger partial charge in [-0.1, -0.05) is 50.2 Å². The third kappa shape index (κ3) is 5.49. The lowest BCUT2D eigenvalue weighted by Gasteiger charge is -2.24. The first-order valence-corrected chi connectivity index (χ1v) is 13.0. The molecule has 4 rings (SSSR count). The molecule has 0 N–H and O–H groups in total. The van der Waals surface area contributed by atoms with Crippen LogP contribution in [0.3, 0.4) is 0 Å². The summed E-state index contributed by atoms with van der Waals surface area (Å²) >= 11 is 0. The molecule has 0 aliphatic carbocycles. The molecule has 1 aliphatic heterocycles. The molecule has 0 radical (unpaired) electrons. The molecule has 0 aromatic heterocycles. The van der Waals surface area contributed by atoms with Gasteiger partial charge in [0.15, 0.2) is 11.5 Å². The van der Waals surface area contributed by atoms with Crippen molar-refractivity contribution in [2.45, 2.75) is 38.1 Å². The van der Waals surface area contributed by atoms with Crippen LogP contribution in [0.2, 0.25) is 0 Å². The second kappa shape index (κ2) is 10.5. The molecule has 0 amide bonds. The molecule has 1 heterocycles. The molecule has 0 saturated heterocycles. The molecule has 0 fully saturated rings. The van der Waals surface area contributed by atoms with Crippen molar-refractivity contribution in [3.8, 4) is 11.5 Å². The number of ether oxygens (including phenoxy) is 2. The highest BCUT2D eigenvalue weighted by Crippen LogP contribution is 2.33. The van der Waals surface area contributed by atoms with Gasteiger partial charge in [-0.15, -0.1) is 0 Å². The Morgan fingerprint density at radius 2 is 1.55 bits per heavy atom. The van der Waals surface area contributed by atoms with Crippen LogP contribution in [0.1, 0.15) is 32.3 Å². The number of hydrogen-bond donors (Lipinski definition) is 0. The van der Waals surface area contributed by atoms with Crippen LogP contribution in [0.5, 0.6) is 11.5 Å². The fourth-order valence-electron chi connectivity index (χ4n) is 4.17. The molecule has 0 saturated carbocycles. The number of nitrogens with zero attached hydrogens (tertiary/aromatic N) is 2. The van der Waals surface area contributed by atoms with E-state index in [1.54, 1.807) is 16.4 Å². The maximum absolute atomic E-state index is 13.7. The first-order valence-electron chi connectivity index (χ1n) is 11.6. The van der Waals surface area contributed by atoms with Crippen LogP contribution < -0.4 is 9.47 Å². The predicted octanol–water partition coefficient (Wildman–Crippen LogP) is 4.88. The molecular formula is C26H32N2O4S. The summed E-state index contributed by atoms with van der Waals surface area (Å²) in [5.74, 6) is 1.36. The summed E-state index contributed by atoms with van der Waals surface area (Å²) in [4.78, 5) is 2.69. The normalized spacial score (nSPS) is 13.3. The van der Waals surface area contributed by atoms with E-state index in [1.807, 2.05) is 48.5 Å². The summed E-state index contributed by atoms with van der Waals surface area (Å²) in [6.45, 7) is 8.24. The van der Waals surface area contributed by atoms with Crippen molar-refractivity contribution in [2.75, 3.05) is 33.0 Å². The van der Waals surface area contributed by atoms with Gasteiger partial charge in [0.05, 0.1) is 4.90 Å². The molecule has 3 aromatic rings. The second-order valence-electron chi connectivity index (χ2n) is 8.27. The number of benzene rings is 3. The van der Waals surface area contributed by atoms with Crippen molar-refractivity contribution >= 4 is 20.8 Å². The van der Waals surface area contributed by atoms with Gasteiger partial charge in [0.2, 0.25) is 16.8 Å². The Hall–Kier alpha value is -2.61. The zero-order chi connectivity index (χ0) is 23.3. The molecule has 0 spiro atoms. The minimum absolute atomic E-state index is 0.198. The fourth-order valence-corrected chi connectivity index (χ4v) is 5.67. The summed E-state index contributed by atoms with van der Waals surface area (Å²) in [6, 6.07) is 18.8. The van der Waals surface area contributed by atoms with Crippen LogP contribution in [0.25, 0.3) is 10.8 Å². The zero-order valence-corrected chi connectivity index (χ0v) is 20.2. The Balaban J connectivity index is 1.57. The first kappa shape index (κ1) is 23.5. The van der Waals surface area contributed by atoms with E-state index in [-0.39, 0.29) is 13.3 Å². The van der Waals surface area contributed by atoms with E-state index in [4.69, 9.17) is 9.47 Å². The maximum Gasteiger partial charge on any atom is 0.243 e. The maximum atomic E-state index is 13.7. The third-order valence-electron chi connectivity index (χ3n) is 6.18. The Morgan fingerprint density at radius 1 is 0.818 bits per heavy atom. The third-order valence-corrected chi connectivity index (χ3v) is 8.02. The Morgan fingerprint density at radius 3 is 2.33 bits per heavy atom. The SMILES string of the molecule is CCN(CC)CCCCN(Cc1ccc2c(c1)OCO2)S(=O)(=O)c1ccc2ccccc2c1. The summed E-state index contributed by atoms with van der Waals surface area (Å²) in [5.41, 5.74) is 0.882. The average molecular weight is 469 g/mol. The Labute approximate surface area is 196 Å². The molecule has 6 nitrogen and oxygen atoms in total. The van der Waals surface area contributed by atoms with Gasteiger partial charge in [0, 0.05) is 13.1 Å². The van der Waals surface area contributed by atoms with E-state index < -0.39 is 10.0 Å². The van der Waals surface area contributed by atoms with Crippen molar-refractivity contribution in [3.05, 3.63) is 66.2 Å². The number of unbranched alkanes of at least 4 members (excludes halogenated alkanes) is 1. The summed E-state index contributed by atoms with van der Waals surface area (Å²) in [5, 5.41) is 1.95. The first-order chi connectivity index (χ1) is 16.0. The Kier molecular flexibility index (Phi) is 7.53. The highest BCUT2D eigenvalue weighted by molar-refractivity contribution is 7.89. The van der Waals surface area contributed by atoms with E-state index in [9.17, 15) is 8.42 Å². The van der Waals surface area contributed by atoms with Crippen molar-refractivity contribution in [1.29, 1.82) is 0 Å². The second-order valence-corrected chi connectivity index (χ2v) is 10.2. The van der Waals surface area contributed by atoms with Gasteiger partial charge in [0.25, 0.3) is 0 Å². The lowest BCUT2D eigenvalue weighted by Crippen LogP contribution is -2.32. The van der Waals surface area contributed by atoms with E-state index in [2.05, 4.69) is 18.7 Å². The number of fused-ring (bicyclic) bond motifs is 2. The van der Waals surface area contributed by atoms with Crippen LogP contribution in [-0.2, 0) is 16.6 Å².